The maximum absolute atomic E-state index is 6.13. The summed E-state index contributed by atoms with van der Waals surface area (Å²) in [6.45, 7) is 0.710. The van der Waals surface area contributed by atoms with Crippen molar-refractivity contribution in [3.8, 4) is 11.5 Å². The lowest BCUT2D eigenvalue weighted by Gasteiger charge is -2.13. The Hall–Kier alpha value is -1.42. The number of halogens is 2. The zero-order valence-electron chi connectivity index (χ0n) is 11.0. The van der Waals surface area contributed by atoms with Crippen molar-refractivity contribution in [3.05, 3.63) is 57.6 Å². The second kappa shape index (κ2) is 6.84. The van der Waals surface area contributed by atoms with E-state index in [0.29, 0.717) is 28.9 Å². The number of nitrogens with two attached hydrogens (primary N) is 1. The first-order valence-electron chi connectivity index (χ1n) is 6.08. The van der Waals surface area contributed by atoms with Gasteiger partial charge in [-0.2, -0.15) is 0 Å². The van der Waals surface area contributed by atoms with Crippen LogP contribution in [0.5, 0.6) is 11.5 Å². The molecule has 20 heavy (non-hydrogen) atoms. The molecule has 0 heterocycles. The Morgan fingerprint density at radius 3 is 2.60 bits per heavy atom. The van der Waals surface area contributed by atoms with E-state index in [4.69, 9.17) is 38.4 Å². The third-order valence-corrected chi connectivity index (χ3v) is 3.77. The first kappa shape index (κ1) is 15.0. The van der Waals surface area contributed by atoms with E-state index in [-0.39, 0.29) is 0 Å². The summed E-state index contributed by atoms with van der Waals surface area (Å²) in [5.74, 6) is 1.40. The second-order valence-corrected chi connectivity index (χ2v) is 4.96. The highest BCUT2D eigenvalue weighted by atomic mass is 35.5. The van der Waals surface area contributed by atoms with Gasteiger partial charge in [0, 0.05) is 23.7 Å². The highest BCUT2D eigenvalue weighted by molar-refractivity contribution is 6.42. The number of rotatable bonds is 5. The summed E-state index contributed by atoms with van der Waals surface area (Å²) >= 11 is 12.1. The number of hydrogen-bond acceptors (Lipinski definition) is 3. The van der Waals surface area contributed by atoms with E-state index >= 15 is 0 Å². The molecule has 0 fully saturated rings. The molecule has 2 aromatic rings. The van der Waals surface area contributed by atoms with E-state index in [1.54, 1.807) is 19.2 Å². The highest BCUT2D eigenvalue weighted by Gasteiger charge is 2.08. The van der Waals surface area contributed by atoms with Crippen LogP contribution in [-0.4, -0.2) is 7.11 Å². The molecule has 0 atom stereocenters. The SMILES string of the molecule is COc1ccc(CN)c(OCc2cccc(Cl)c2Cl)c1. The molecule has 0 unspecified atom stereocenters. The minimum atomic E-state index is 0.319. The Balaban J connectivity index is 2.19. The van der Waals surface area contributed by atoms with Crippen molar-refractivity contribution in [2.45, 2.75) is 13.2 Å². The third-order valence-electron chi connectivity index (χ3n) is 2.91. The maximum Gasteiger partial charge on any atom is 0.127 e. The van der Waals surface area contributed by atoms with Crippen LogP contribution in [0.25, 0.3) is 0 Å². The van der Waals surface area contributed by atoms with Gasteiger partial charge in [-0.1, -0.05) is 41.4 Å². The van der Waals surface area contributed by atoms with E-state index in [1.165, 1.54) is 0 Å². The van der Waals surface area contributed by atoms with E-state index in [1.807, 2.05) is 24.3 Å². The van der Waals surface area contributed by atoms with Crippen molar-refractivity contribution in [1.82, 2.24) is 0 Å². The van der Waals surface area contributed by atoms with E-state index in [2.05, 4.69) is 0 Å². The molecule has 0 aliphatic carbocycles. The van der Waals surface area contributed by atoms with Crippen LogP contribution in [0, 0.1) is 0 Å². The van der Waals surface area contributed by atoms with Gasteiger partial charge in [0.2, 0.25) is 0 Å². The molecular formula is C15H15Cl2NO2. The van der Waals surface area contributed by atoms with Crippen molar-refractivity contribution < 1.29 is 9.47 Å². The average molecular weight is 312 g/mol. The summed E-state index contributed by atoms with van der Waals surface area (Å²) in [7, 11) is 1.61. The van der Waals surface area contributed by atoms with Crippen molar-refractivity contribution in [1.29, 1.82) is 0 Å². The third kappa shape index (κ3) is 3.37. The fourth-order valence-electron chi connectivity index (χ4n) is 1.78. The van der Waals surface area contributed by atoms with Gasteiger partial charge in [0.15, 0.2) is 0 Å². The Morgan fingerprint density at radius 2 is 1.90 bits per heavy atom. The lowest BCUT2D eigenvalue weighted by atomic mass is 10.2. The van der Waals surface area contributed by atoms with Crippen molar-refractivity contribution >= 4 is 23.2 Å². The molecule has 0 aliphatic rings. The number of methoxy groups -OCH3 is 1. The van der Waals surface area contributed by atoms with Crippen LogP contribution in [0.3, 0.4) is 0 Å². The molecule has 5 heteroatoms. The second-order valence-electron chi connectivity index (χ2n) is 4.18. The quantitative estimate of drug-likeness (QED) is 0.906. The number of benzene rings is 2. The van der Waals surface area contributed by atoms with Gasteiger partial charge in [-0.3, -0.25) is 0 Å². The van der Waals surface area contributed by atoms with Gasteiger partial charge in [-0.15, -0.1) is 0 Å². The monoisotopic (exact) mass is 311 g/mol. The minimum Gasteiger partial charge on any atom is -0.497 e. The molecule has 0 radical (unpaired) electrons. The lowest BCUT2D eigenvalue weighted by molar-refractivity contribution is 0.300. The smallest absolute Gasteiger partial charge is 0.127 e. The van der Waals surface area contributed by atoms with Crippen molar-refractivity contribution in [2.24, 2.45) is 5.73 Å². The molecular weight excluding hydrogens is 297 g/mol. The molecule has 0 bridgehead atoms. The topological polar surface area (TPSA) is 44.5 Å². The van der Waals surface area contributed by atoms with Crippen LogP contribution in [0.4, 0.5) is 0 Å². The largest absolute Gasteiger partial charge is 0.497 e. The molecule has 0 aliphatic heterocycles. The summed E-state index contributed by atoms with van der Waals surface area (Å²) in [6, 6.07) is 11.0. The van der Waals surface area contributed by atoms with Crippen LogP contribution < -0.4 is 15.2 Å². The van der Waals surface area contributed by atoms with Gasteiger partial charge in [-0.05, 0) is 12.1 Å². The average Bonchev–Trinajstić information content (AvgIpc) is 2.48. The van der Waals surface area contributed by atoms with Crippen LogP contribution in [0.1, 0.15) is 11.1 Å². The fourth-order valence-corrected chi connectivity index (χ4v) is 2.15. The van der Waals surface area contributed by atoms with Crippen LogP contribution in [0.2, 0.25) is 10.0 Å². The maximum atomic E-state index is 6.13. The van der Waals surface area contributed by atoms with Gasteiger partial charge >= 0.3 is 0 Å². The lowest BCUT2D eigenvalue weighted by Crippen LogP contribution is -2.03. The van der Waals surface area contributed by atoms with Gasteiger partial charge < -0.3 is 15.2 Å². The summed E-state index contributed by atoms with van der Waals surface area (Å²) in [5, 5.41) is 1.02. The van der Waals surface area contributed by atoms with Crippen molar-refractivity contribution in [3.63, 3.8) is 0 Å². The summed E-state index contributed by atoms with van der Waals surface area (Å²) in [4.78, 5) is 0. The Morgan fingerprint density at radius 1 is 1.10 bits per heavy atom. The molecule has 0 amide bonds. The Kier molecular flexibility index (Phi) is 5.12. The van der Waals surface area contributed by atoms with Gasteiger partial charge in [-0.25, -0.2) is 0 Å². The summed E-state index contributed by atoms with van der Waals surface area (Å²) in [6.07, 6.45) is 0. The highest BCUT2D eigenvalue weighted by Crippen LogP contribution is 2.29. The van der Waals surface area contributed by atoms with Gasteiger partial charge in [0.05, 0.1) is 17.2 Å². The number of hydrogen-bond donors (Lipinski definition) is 1. The summed E-state index contributed by atoms with van der Waals surface area (Å²) < 4.78 is 11.0. The van der Waals surface area contributed by atoms with E-state index < -0.39 is 0 Å². The van der Waals surface area contributed by atoms with Crippen LogP contribution >= 0.6 is 23.2 Å². The molecule has 2 N–H and O–H groups in total. The number of ether oxygens (including phenoxy) is 2. The molecule has 0 saturated heterocycles. The van der Waals surface area contributed by atoms with Crippen molar-refractivity contribution in [2.75, 3.05) is 7.11 Å². The molecule has 2 aromatic carbocycles. The Bertz CT molecular complexity index is 602. The predicted octanol–water partition coefficient (Wildman–Crippen LogP) is 4.04. The first-order valence-corrected chi connectivity index (χ1v) is 6.84. The fraction of sp³-hybridized carbons (Fsp3) is 0.200. The molecule has 0 saturated carbocycles. The van der Waals surface area contributed by atoms with Gasteiger partial charge in [0.1, 0.15) is 18.1 Å². The summed E-state index contributed by atoms with van der Waals surface area (Å²) in [5.41, 5.74) is 7.43. The van der Waals surface area contributed by atoms with E-state index in [0.717, 1.165) is 16.9 Å². The molecule has 3 nitrogen and oxygen atoms in total. The zero-order chi connectivity index (χ0) is 14.5. The molecule has 0 aromatic heterocycles. The van der Waals surface area contributed by atoms with Crippen LogP contribution in [-0.2, 0) is 13.2 Å². The molecule has 106 valence electrons. The zero-order valence-corrected chi connectivity index (χ0v) is 12.5. The van der Waals surface area contributed by atoms with Gasteiger partial charge in [0.25, 0.3) is 0 Å². The normalized spacial score (nSPS) is 10.4. The van der Waals surface area contributed by atoms with E-state index in [9.17, 15) is 0 Å². The first-order chi connectivity index (χ1) is 9.65. The standard InChI is InChI=1S/C15H15Cl2NO2/c1-19-12-6-5-10(8-18)14(7-12)20-9-11-3-2-4-13(16)15(11)17/h2-7H,8-9,18H2,1H3. The minimum absolute atomic E-state index is 0.319. The molecule has 2 rings (SSSR count). The Labute approximate surface area is 128 Å². The molecule has 0 spiro atoms. The predicted molar refractivity (Wildman–Crippen MR) is 81.7 cm³/mol. The van der Waals surface area contributed by atoms with Crippen LogP contribution in [0.15, 0.2) is 36.4 Å².